The third-order valence-corrected chi connectivity index (χ3v) is 6.55. The fourth-order valence-corrected chi connectivity index (χ4v) is 4.42. The number of carbonyl (C=O) groups is 1. The van der Waals surface area contributed by atoms with Crippen LogP contribution in [0.4, 0.5) is 0 Å². The Balaban J connectivity index is 1.94. The number of hydrogen-bond donors (Lipinski definition) is 2. The lowest BCUT2D eigenvalue weighted by Crippen LogP contribution is -2.42. The van der Waals surface area contributed by atoms with Gasteiger partial charge in [-0.2, -0.15) is 0 Å². The SMILES string of the molecule is COc1ccc(C(N/C=C(\C=N)c2ccc(C=O)cc2)(c2ccc(OC)cc2)c2ccc(OC)cc2)cc1. The molecule has 0 saturated heterocycles. The molecule has 0 fully saturated rings. The molecule has 4 rings (SSSR count). The quantitative estimate of drug-likeness (QED) is 0.146. The van der Waals surface area contributed by atoms with Crippen molar-refractivity contribution < 1.29 is 19.0 Å². The second-order valence-electron chi connectivity index (χ2n) is 8.56. The lowest BCUT2D eigenvalue weighted by molar-refractivity contribution is 0.112. The first-order valence-corrected chi connectivity index (χ1v) is 12.1. The maximum absolute atomic E-state index is 11.1. The van der Waals surface area contributed by atoms with E-state index in [9.17, 15) is 4.79 Å². The lowest BCUT2D eigenvalue weighted by Gasteiger charge is -2.37. The largest absolute Gasteiger partial charge is 0.497 e. The van der Waals surface area contributed by atoms with Gasteiger partial charge in [-0.3, -0.25) is 4.79 Å². The number of benzene rings is 4. The molecule has 0 saturated carbocycles. The third-order valence-electron chi connectivity index (χ3n) is 6.55. The summed E-state index contributed by atoms with van der Waals surface area (Å²) < 4.78 is 16.3. The molecule has 0 aliphatic heterocycles. The number of methoxy groups -OCH3 is 3. The maximum atomic E-state index is 11.1. The normalized spacial score (nSPS) is 11.4. The molecule has 192 valence electrons. The predicted molar refractivity (Wildman–Crippen MR) is 151 cm³/mol. The molecule has 0 aromatic heterocycles. The van der Waals surface area contributed by atoms with Gasteiger partial charge in [0, 0.05) is 23.6 Å². The first kappa shape index (κ1) is 26.2. The molecule has 38 heavy (non-hydrogen) atoms. The van der Waals surface area contributed by atoms with Gasteiger partial charge >= 0.3 is 0 Å². The van der Waals surface area contributed by atoms with Gasteiger partial charge in [-0.25, -0.2) is 0 Å². The van der Waals surface area contributed by atoms with Gasteiger partial charge < -0.3 is 24.9 Å². The molecule has 4 aromatic carbocycles. The molecule has 0 aliphatic rings. The van der Waals surface area contributed by atoms with Gasteiger partial charge in [0.15, 0.2) is 0 Å². The Bertz CT molecular complexity index is 1280. The highest BCUT2D eigenvalue weighted by molar-refractivity contribution is 6.08. The van der Waals surface area contributed by atoms with Crippen molar-refractivity contribution in [3.8, 4) is 17.2 Å². The van der Waals surface area contributed by atoms with E-state index in [0.29, 0.717) is 11.1 Å². The molecule has 0 amide bonds. The van der Waals surface area contributed by atoms with E-state index in [1.807, 2.05) is 91.1 Å². The molecule has 0 aliphatic carbocycles. The Morgan fingerprint density at radius 3 is 1.37 bits per heavy atom. The third kappa shape index (κ3) is 5.30. The fourth-order valence-electron chi connectivity index (χ4n) is 4.42. The molecular weight excluding hydrogens is 476 g/mol. The summed E-state index contributed by atoms with van der Waals surface area (Å²) in [5, 5.41) is 11.8. The summed E-state index contributed by atoms with van der Waals surface area (Å²) in [6.45, 7) is 0. The highest BCUT2D eigenvalue weighted by atomic mass is 16.5. The van der Waals surface area contributed by atoms with E-state index >= 15 is 0 Å². The number of nitrogens with one attached hydrogen (secondary N) is 2. The highest BCUT2D eigenvalue weighted by Gasteiger charge is 2.36. The summed E-state index contributed by atoms with van der Waals surface area (Å²) in [7, 11) is 4.92. The second kappa shape index (κ2) is 11.9. The van der Waals surface area contributed by atoms with Crippen LogP contribution in [-0.2, 0) is 5.54 Å². The summed E-state index contributed by atoms with van der Waals surface area (Å²) >= 11 is 0. The number of aldehydes is 1. The van der Waals surface area contributed by atoms with Crippen LogP contribution in [0.25, 0.3) is 5.57 Å². The Morgan fingerprint density at radius 2 is 1.05 bits per heavy atom. The summed E-state index contributed by atoms with van der Waals surface area (Å²) in [5.41, 5.74) is 4.09. The second-order valence-corrected chi connectivity index (χ2v) is 8.56. The average molecular weight is 507 g/mol. The topological polar surface area (TPSA) is 80.6 Å². The molecule has 0 unspecified atom stereocenters. The van der Waals surface area contributed by atoms with Gasteiger partial charge in [-0.1, -0.05) is 60.7 Å². The molecule has 0 heterocycles. The summed E-state index contributed by atoms with van der Waals surface area (Å²) in [6.07, 6.45) is 3.93. The van der Waals surface area contributed by atoms with Crippen LogP contribution >= 0.6 is 0 Å². The monoisotopic (exact) mass is 506 g/mol. The molecule has 4 aromatic rings. The van der Waals surface area contributed by atoms with Crippen LogP contribution in [0, 0.1) is 5.41 Å². The summed E-state index contributed by atoms with van der Waals surface area (Å²) in [6, 6.07) is 30.9. The highest BCUT2D eigenvalue weighted by Crippen LogP contribution is 2.39. The molecule has 6 nitrogen and oxygen atoms in total. The number of ether oxygens (including phenoxy) is 3. The van der Waals surface area contributed by atoms with E-state index < -0.39 is 5.54 Å². The number of rotatable bonds is 11. The van der Waals surface area contributed by atoms with Crippen molar-refractivity contribution in [2.45, 2.75) is 5.54 Å². The molecular formula is C32H30N2O4. The van der Waals surface area contributed by atoms with Gasteiger partial charge in [0.2, 0.25) is 0 Å². The lowest BCUT2D eigenvalue weighted by atomic mass is 9.77. The Labute approximate surface area is 223 Å². The fraction of sp³-hybridized carbons (Fsp3) is 0.125. The molecule has 0 atom stereocenters. The molecule has 0 radical (unpaired) electrons. The first-order valence-electron chi connectivity index (χ1n) is 12.1. The van der Waals surface area contributed by atoms with Crippen LogP contribution in [0.2, 0.25) is 0 Å². The van der Waals surface area contributed by atoms with Gasteiger partial charge in [0.25, 0.3) is 0 Å². The number of carbonyl (C=O) groups excluding carboxylic acids is 1. The standard InChI is InChI=1S/C32H30N2O4/c1-36-29-14-8-26(9-15-29)32(27-10-16-30(37-2)17-11-27,28-12-18-31(38-3)19-13-28)34-21-25(20-33)24-6-4-23(22-35)5-7-24/h4-22,33-34H,1-3H3/b25-21+,33-20?. The molecule has 6 heteroatoms. The van der Waals surface area contributed by atoms with Crippen molar-refractivity contribution in [3.63, 3.8) is 0 Å². The van der Waals surface area contributed by atoms with Crippen LogP contribution < -0.4 is 19.5 Å². The van der Waals surface area contributed by atoms with Crippen molar-refractivity contribution >= 4 is 18.1 Å². The van der Waals surface area contributed by atoms with E-state index in [1.54, 1.807) is 33.5 Å². The predicted octanol–water partition coefficient (Wildman–Crippen LogP) is 6.10. The van der Waals surface area contributed by atoms with Crippen molar-refractivity contribution in [2.24, 2.45) is 0 Å². The van der Waals surface area contributed by atoms with Gasteiger partial charge in [-0.15, -0.1) is 0 Å². The Morgan fingerprint density at radius 1 is 0.658 bits per heavy atom. The Kier molecular flexibility index (Phi) is 8.23. The smallest absolute Gasteiger partial charge is 0.150 e. The van der Waals surface area contributed by atoms with Crippen LogP contribution in [0.15, 0.2) is 103 Å². The van der Waals surface area contributed by atoms with Gasteiger partial charge in [0.1, 0.15) is 29.1 Å². The van der Waals surface area contributed by atoms with E-state index in [4.69, 9.17) is 19.6 Å². The number of hydrogen-bond acceptors (Lipinski definition) is 6. The van der Waals surface area contributed by atoms with Crippen molar-refractivity contribution in [1.82, 2.24) is 5.32 Å². The van der Waals surface area contributed by atoms with Crippen molar-refractivity contribution in [3.05, 3.63) is 131 Å². The van der Waals surface area contributed by atoms with Crippen molar-refractivity contribution in [2.75, 3.05) is 21.3 Å². The summed E-state index contributed by atoms with van der Waals surface area (Å²) in [5.74, 6) is 2.24. The maximum Gasteiger partial charge on any atom is 0.150 e. The zero-order chi connectivity index (χ0) is 27.0. The van der Waals surface area contributed by atoms with Crippen LogP contribution in [0.5, 0.6) is 17.2 Å². The summed E-state index contributed by atoms with van der Waals surface area (Å²) in [4.78, 5) is 11.1. The van der Waals surface area contributed by atoms with Crippen LogP contribution in [0.3, 0.4) is 0 Å². The van der Waals surface area contributed by atoms with Crippen molar-refractivity contribution in [1.29, 1.82) is 5.41 Å². The average Bonchev–Trinajstić information content (AvgIpc) is 3.00. The zero-order valence-electron chi connectivity index (χ0n) is 21.6. The Hall–Kier alpha value is -4.84. The molecule has 0 spiro atoms. The zero-order valence-corrected chi connectivity index (χ0v) is 21.6. The van der Waals surface area contributed by atoms with Gasteiger partial charge in [-0.05, 0) is 58.7 Å². The van der Waals surface area contributed by atoms with E-state index in [1.165, 1.54) is 6.21 Å². The minimum absolute atomic E-state index is 0.579. The van der Waals surface area contributed by atoms with E-state index in [2.05, 4.69) is 5.32 Å². The minimum Gasteiger partial charge on any atom is -0.497 e. The van der Waals surface area contributed by atoms with Crippen LogP contribution in [-0.4, -0.2) is 33.8 Å². The van der Waals surface area contributed by atoms with E-state index in [-0.39, 0.29) is 0 Å². The first-order chi connectivity index (χ1) is 18.6. The molecule has 0 bridgehead atoms. The van der Waals surface area contributed by atoms with Gasteiger partial charge in [0.05, 0.1) is 21.3 Å². The van der Waals surface area contributed by atoms with E-state index in [0.717, 1.165) is 45.8 Å². The molecule has 2 N–H and O–H groups in total. The van der Waals surface area contributed by atoms with Crippen LogP contribution in [0.1, 0.15) is 32.6 Å². The number of allylic oxidation sites excluding steroid dienone is 1. The minimum atomic E-state index is -0.845.